The molecule has 1 aromatic carbocycles. The molecule has 1 amide bonds. The van der Waals surface area contributed by atoms with Crippen LogP contribution in [0.25, 0.3) is 0 Å². The summed E-state index contributed by atoms with van der Waals surface area (Å²) in [6.45, 7) is 0. The monoisotopic (exact) mass is 299 g/mol. The summed E-state index contributed by atoms with van der Waals surface area (Å²) in [5.41, 5.74) is 0.542. The van der Waals surface area contributed by atoms with Crippen LogP contribution < -0.4 is 5.32 Å². The van der Waals surface area contributed by atoms with Crippen molar-refractivity contribution in [1.29, 1.82) is 0 Å². The van der Waals surface area contributed by atoms with Gasteiger partial charge in [0.05, 0.1) is 10.0 Å². The van der Waals surface area contributed by atoms with E-state index in [9.17, 15) is 9.90 Å². The Morgan fingerprint density at radius 2 is 1.89 bits per heavy atom. The molecule has 0 spiro atoms. The zero-order chi connectivity index (χ0) is 13.6. The van der Waals surface area contributed by atoms with Crippen molar-refractivity contribution >= 4 is 34.8 Å². The van der Waals surface area contributed by atoms with E-state index in [1.807, 2.05) is 0 Å². The van der Waals surface area contributed by atoms with Crippen LogP contribution in [0.2, 0.25) is 10.0 Å². The van der Waals surface area contributed by atoms with Crippen LogP contribution >= 0.6 is 23.2 Å². The number of aromatic hydroxyl groups is 1. The fraction of sp³-hybridized carbons (Fsp3) is 0.500. The molecule has 102 valence electrons. The Labute approximate surface area is 121 Å². The van der Waals surface area contributed by atoms with Gasteiger partial charge < -0.3 is 10.4 Å². The number of amides is 1. The zero-order valence-corrected chi connectivity index (χ0v) is 11.8. The number of rotatable bonds is 2. The van der Waals surface area contributed by atoms with Crippen LogP contribution in [-0.4, -0.2) is 11.0 Å². The van der Waals surface area contributed by atoms with E-state index < -0.39 is 0 Å². The van der Waals surface area contributed by atoms with E-state index >= 15 is 0 Å². The van der Waals surface area contributed by atoms with E-state index in [2.05, 4.69) is 5.32 Å². The maximum Gasteiger partial charge on any atom is 0.227 e. The van der Waals surface area contributed by atoms with Gasteiger partial charge >= 0.3 is 0 Å². The number of hydrogen-bond acceptors (Lipinski definition) is 2. The maximum absolute atomic E-state index is 12.3. The molecule has 19 heavy (non-hydrogen) atoms. The summed E-state index contributed by atoms with van der Waals surface area (Å²) >= 11 is 11.7. The van der Waals surface area contributed by atoms with Crippen molar-refractivity contribution < 1.29 is 9.90 Å². The summed E-state index contributed by atoms with van der Waals surface area (Å²) in [4.78, 5) is 12.3. The topological polar surface area (TPSA) is 49.3 Å². The number of nitrogens with one attached hydrogen (secondary N) is 1. The van der Waals surface area contributed by atoms with Crippen LogP contribution in [0.4, 0.5) is 5.69 Å². The Balaban J connectivity index is 1.73. The van der Waals surface area contributed by atoms with Gasteiger partial charge in [0.2, 0.25) is 5.91 Å². The Kier molecular flexibility index (Phi) is 3.35. The molecule has 3 unspecified atom stereocenters. The van der Waals surface area contributed by atoms with Gasteiger partial charge in [0.15, 0.2) is 5.75 Å². The molecule has 5 heteroatoms. The third kappa shape index (κ3) is 2.41. The van der Waals surface area contributed by atoms with Gasteiger partial charge in [-0.3, -0.25) is 4.79 Å². The number of hydrogen-bond donors (Lipinski definition) is 2. The highest BCUT2D eigenvalue weighted by Crippen LogP contribution is 2.48. The lowest BCUT2D eigenvalue weighted by Crippen LogP contribution is -2.27. The molecule has 0 aromatic heterocycles. The highest BCUT2D eigenvalue weighted by Gasteiger charge is 2.43. The molecular formula is C14H15Cl2NO2. The van der Waals surface area contributed by atoms with Crippen LogP contribution in [0, 0.1) is 17.8 Å². The SMILES string of the molecule is O=C(Nc1cc(Cl)c(O)c(Cl)c1)C1CC2CCC1C2. The van der Waals surface area contributed by atoms with Crippen molar-refractivity contribution in [3.05, 3.63) is 22.2 Å². The Hall–Kier alpha value is -0.930. The number of phenolic OH excluding ortho intramolecular Hbond substituents is 1. The lowest BCUT2D eigenvalue weighted by Gasteiger charge is -2.21. The van der Waals surface area contributed by atoms with E-state index in [-0.39, 0.29) is 27.6 Å². The van der Waals surface area contributed by atoms with Crippen LogP contribution in [0.3, 0.4) is 0 Å². The molecule has 2 saturated carbocycles. The van der Waals surface area contributed by atoms with Gasteiger partial charge in [-0.05, 0) is 43.2 Å². The summed E-state index contributed by atoms with van der Waals surface area (Å²) in [5, 5.41) is 12.6. The average molecular weight is 300 g/mol. The van der Waals surface area contributed by atoms with Gasteiger partial charge in [-0.2, -0.15) is 0 Å². The second-order valence-corrected chi connectivity index (χ2v) is 6.37. The van der Waals surface area contributed by atoms with Gasteiger partial charge in [0.1, 0.15) is 0 Å². The minimum absolute atomic E-state index is 0.0463. The van der Waals surface area contributed by atoms with E-state index in [1.165, 1.54) is 31.4 Å². The molecule has 3 nitrogen and oxygen atoms in total. The van der Waals surface area contributed by atoms with Crippen LogP contribution in [-0.2, 0) is 4.79 Å². The molecule has 2 fully saturated rings. The maximum atomic E-state index is 12.3. The minimum Gasteiger partial charge on any atom is -0.505 e. The fourth-order valence-electron chi connectivity index (χ4n) is 3.44. The lowest BCUT2D eigenvalue weighted by atomic mass is 9.88. The largest absolute Gasteiger partial charge is 0.505 e. The lowest BCUT2D eigenvalue weighted by molar-refractivity contribution is -0.121. The number of carbonyl (C=O) groups is 1. The number of fused-ring (bicyclic) bond motifs is 2. The van der Waals surface area contributed by atoms with E-state index in [1.54, 1.807) is 0 Å². The number of benzene rings is 1. The van der Waals surface area contributed by atoms with Crippen LogP contribution in [0.1, 0.15) is 25.7 Å². The molecule has 0 radical (unpaired) electrons. The van der Waals surface area contributed by atoms with E-state index in [0.29, 0.717) is 11.6 Å². The van der Waals surface area contributed by atoms with Gasteiger partial charge in [-0.25, -0.2) is 0 Å². The summed E-state index contributed by atoms with van der Waals surface area (Å²) in [7, 11) is 0. The summed E-state index contributed by atoms with van der Waals surface area (Å²) < 4.78 is 0. The van der Waals surface area contributed by atoms with E-state index in [4.69, 9.17) is 23.2 Å². The molecule has 3 rings (SSSR count). The first-order valence-corrected chi connectivity index (χ1v) is 7.29. The predicted octanol–water partition coefficient (Wildman–Crippen LogP) is 4.07. The highest BCUT2D eigenvalue weighted by atomic mass is 35.5. The molecule has 2 aliphatic carbocycles. The predicted molar refractivity (Wildman–Crippen MR) is 75.7 cm³/mol. The molecule has 2 bridgehead atoms. The van der Waals surface area contributed by atoms with Gasteiger partial charge in [-0.1, -0.05) is 29.6 Å². The van der Waals surface area contributed by atoms with Crippen molar-refractivity contribution in [3.8, 4) is 5.75 Å². The standard InChI is InChI=1S/C14H15Cl2NO2/c15-11-5-9(6-12(16)13(11)18)17-14(19)10-4-7-1-2-8(10)3-7/h5-8,10,18H,1-4H2,(H,17,19). The van der Waals surface area contributed by atoms with E-state index in [0.717, 1.165) is 12.3 Å². The number of carbonyl (C=O) groups excluding carboxylic acids is 1. The Morgan fingerprint density at radius 3 is 2.42 bits per heavy atom. The molecule has 0 saturated heterocycles. The third-order valence-electron chi connectivity index (χ3n) is 4.36. The molecule has 2 N–H and O–H groups in total. The Morgan fingerprint density at radius 1 is 1.21 bits per heavy atom. The van der Waals surface area contributed by atoms with Crippen molar-refractivity contribution in [3.63, 3.8) is 0 Å². The number of anilines is 1. The van der Waals surface area contributed by atoms with Crippen molar-refractivity contribution in [1.82, 2.24) is 0 Å². The molecule has 1 aromatic rings. The van der Waals surface area contributed by atoms with Gasteiger partial charge in [0.25, 0.3) is 0 Å². The van der Waals surface area contributed by atoms with Crippen LogP contribution in [0.5, 0.6) is 5.75 Å². The molecule has 2 aliphatic rings. The second kappa shape index (κ2) is 4.88. The quantitative estimate of drug-likeness (QED) is 0.809. The number of halogens is 2. The first-order chi connectivity index (χ1) is 9.04. The highest BCUT2D eigenvalue weighted by molar-refractivity contribution is 6.37. The van der Waals surface area contributed by atoms with Crippen molar-refractivity contribution in [2.75, 3.05) is 5.32 Å². The summed E-state index contributed by atoms with van der Waals surface area (Å²) in [6.07, 6.45) is 4.62. The first kappa shape index (κ1) is 13.1. The zero-order valence-electron chi connectivity index (χ0n) is 10.3. The first-order valence-electron chi connectivity index (χ1n) is 6.53. The average Bonchev–Trinajstić information content (AvgIpc) is 2.98. The minimum atomic E-state index is -0.152. The summed E-state index contributed by atoms with van der Waals surface area (Å²) in [6, 6.07) is 3.04. The molecular weight excluding hydrogens is 285 g/mol. The molecule has 0 heterocycles. The molecule has 3 atom stereocenters. The third-order valence-corrected chi connectivity index (χ3v) is 4.94. The van der Waals surface area contributed by atoms with Crippen molar-refractivity contribution in [2.45, 2.75) is 25.7 Å². The van der Waals surface area contributed by atoms with Gasteiger partial charge in [-0.15, -0.1) is 0 Å². The fourth-order valence-corrected chi connectivity index (χ4v) is 3.93. The summed E-state index contributed by atoms with van der Waals surface area (Å²) in [5.74, 6) is 1.28. The smallest absolute Gasteiger partial charge is 0.227 e. The Bertz CT molecular complexity index is 509. The van der Waals surface area contributed by atoms with Gasteiger partial charge in [0, 0.05) is 11.6 Å². The second-order valence-electron chi connectivity index (χ2n) is 5.56. The van der Waals surface area contributed by atoms with Crippen LogP contribution in [0.15, 0.2) is 12.1 Å². The molecule has 0 aliphatic heterocycles. The normalized spacial score (nSPS) is 28.6. The number of phenols is 1. The van der Waals surface area contributed by atoms with Crippen molar-refractivity contribution in [2.24, 2.45) is 17.8 Å².